The molecule has 1 nitrogen and oxygen atoms in total. The zero-order valence-electron chi connectivity index (χ0n) is 11.6. The molecule has 4 bridgehead atoms. The molecule has 0 spiro atoms. The average molecular weight is 235 g/mol. The second-order valence-electron chi connectivity index (χ2n) is 7.05. The van der Waals surface area contributed by atoms with Crippen LogP contribution in [0.25, 0.3) is 0 Å². The van der Waals surface area contributed by atoms with Crippen LogP contribution in [0.15, 0.2) is 0 Å². The van der Waals surface area contributed by atoms with Gasteiger partial charge in [-0.15, -0.1) is 0 Å². The molecule has 0 saturated heterocycles. The largest absolute Gasteiger partial charge is 0.317 e. The van der Waals surface area contributed by atoms with Crippen LogP contribution in [0.5, 0.6) is 0 Å². The molecule has 98 valence electrons. The van der Waals surface area contributed by atoms with Crippen LogP contribution >= 0.6 is 0 Å². The summed E-state index contributed by atoms with van der Waals surface area (Å²) >= 11 is 0. The maximum atomic E-state index is 3.66. The third-order valence-electron chi connectivity index (χ3n) is 6.00. The van der Waals surface area contributed by atoms with Gasteiger partial charge in [0.15, 0.2) is 0 Å². The third-order valence-corrected chi connectivity index (χ3v) is 6.00. The number of rotatable bonds is 5. The van der Waals surface area contributed by atoms with Gasteiger partial charge in [-0.25, -0.2) is 0 Å². The highest BCUT2D eigenvalue weighted by Crippen LogP contribution is 2.57. The lowest BCUT2D eigenvalue weighted by atomic mass is 9.50. The second kappa shape index (κ2) is 4.91. The van der Waals surface area contributed by atoms with E-state index in [9.17, 15) is 0 Å². The Morgan fingerprint density at radius 1 is 1.00 bits per heavy atom. The van der Waals surface area contributed by atoms with Gasteiger partial charge in [-0.2, -0.15) is 0 Å². The van der Waals surface area contributed by atoms with E-state index in [2.05, 4.69) is 19.3 Å². The van der Waals surface area contributed by atoms with Crippen molar-refractivity contribution in [1.82, 2.24) is 5.32 Å². The Hall–Kier alpha value is -0.0400. The van der Waals surface area contributed by atoms with E-state index >= 15 is 0 Å². The molecule has 17 heavy (non-hydrogen) atoms. The minimum absolute atomic E-state index is 0.824. The monoisotopic (exact) mass is 235 g/mol. The van der Waals surface area contributed by atoms with Gasteiger partial charge in [-0.1, -0.05) is 19.8 Å². The van der Waals surface area contributed by atoms with Gasteiger partial charge >= 0.3 is 0 Å². The molecule has 1 atom stereocenters. The summed E-state index contributed by atoms with van der Waals surface area (Å²) in [7, 11) is 2.20. The Kier molecular flexibility index (Phi) is 3.47. The van der Waals surface area contributed by atoms with Crippen molar-refractivity contribution in [2.45, 2.75) is 64.3 Å². The first-order valence-electron chi connectivity index (χ1n) is 7.99. The lowest BCUT2D eigenvalue weighted by Gasteiger charge is -2.56. The van der Waals surface area contributed by atoms with E-state index in [4.69, 9.17) is 0 Å². The zero-order valence-corrected chi connectivity index (χ0v) is 11.6. The molecule has 1 N–H and O–H groups in total. The molecule has 0 aliphatic heterocycles. The quantitative estimate of drug-likeness (QED) is 0.763. The Labute approximate surface area is 107 Å². The van der Waals surface area contributed by atoms with E-state index in [1.807, 2.05) is 0 Å². The SMILES string of the molecule is CCCCC(NC)C1C2CC3CC(C2)CC1C3. The standard InChI is InChI=1S/C16H29N/c1-3-4-5-15(17-2)16-13-7-11-6-12(9-13)10-14(16)8-11/h11-17H,3-10H2,1-2H3. The molecule has 0 heterocycles. The Bertz CT molecular complexity index is 232. The summed E-state index contributed by atoms with van der Waals surface area (Å²) in [6, 6.07) is 0.824. The van der Waals surface area contributed by atoms with Crippen LogP contribution in [0.3, 0.4) is 0 Å². The van der Waals surface area contributed by atoms with Gasteiger partial charge in [-0.3, -0.25) is 0 Å². The number of unbranched alkanes of at least 4 members (excludes halogenated alkanes) is 1. The van der Waals surface area contributed by atoms with Crippen LogP contribution in [-0.4, -0.2) is 13.1 Å². The van der Waals surface area contributed by atoms with E-state index in [0.29, 0.717) is 0 Å². The average Bonchev–Trinajstić information content (AvgIpc) is 2.31. The highest BCUT2D eigenvalue weighted by Gasteiger charge is 2.49. The number of nitrogens with one attached hydrogen (secondary N) is 1. The lowest BCUT2D eigenvalue weighted by Crippen LogP contribution is -2.52. The van der Waals surface area contributed by atoms with Crippen molar-refractivity contribution in [2.24, 2.45) is 29.6 Å². The van der Waals surface area contributed by atoms with E-state index < -0.39 is 0 Å². The summed E-state index contributed by atoms with van der Waals surface area (Å²) in [5.74, 6) is 5.44. The minimum Gasteiger partial charge on any atom is -0.317 e. The van der Waals surface area contributed by atoms with Gasteiger partial charge in [0.05, 0.1) is 0 Å². The summed E-state index contributed by atoms with van der Waals surface area (Å²) in [5.41, 5.74) is 0. The van der Waals surface area contributed by atoms with Crippen LogP contribution in [-0.2, 0) is 0 Å². The fraction of sp³-hybridized carbons (Fsp3) is 1.00. The maximum absolute atomic E-state index is 3.66. The maximum Gasteiger partial charge on any atom is 0.00976 e. The van der Waals surface area contributed by atoms with Crippen molar-refractivity contribution in [3.63, 3.8) is 0 Å². The molecule has 1 unspecified atom stereocenters. The number of hydrogen-bond acceptors (Lipinski definition) is 1. The van der Waals surface area contributed by atoms with Crippen LogP contribution in [0.2, 0.25) is 0 Å². The van der Waals surface area contributed by atoms with Crippen LogP contribution < -0.4 is 5.32 Å². The van der Waals surface area contributed by atoms with E-state index in [1.54, 1.807) is 32.1 Å². The van der Waals surface area contributed by atoms with Gasteiger partial charge in [0.25, 0.3) is 0 Å². The molecule has 0 amide bonds. The minimum atomic E-state index is 0.824. The van der Waals surface area contributed by atoms with Crippen molar-refractivity contribution in [3.8, 4) is 0 Å². The molecule has 4 aliphatic rings. The molecular formula is C16H29N. The van der Waals surface area contributed by atoms with Gasteiger partial charge in [0.2, 0.25) is 0 Å². The molecule has 0 aromatic rings. The Morgan fingerprint density at radius 3 is 2.06 bits per heavy atom. The smallest absolute Gasteiger partial charge is 0.00976 e. The summed E-state index contributed by atoms with van der Waals surface area (Å²) in [5, 5.41) is 3.66. The summed E-state index contributed by atoms with van der Waals surface area (Å²) in [6.45, 7) is 2.32. The Morgan fingerprint density at radius 2 is 1.59 bits per heavy atom. The van der Waals surface area contributed by atoms with Crippen LogP contribution in [0.1, 0.15) is 58.3 Å². The molecule has 0 radical (unpaired) electrons. The van der Waals surface area contributed by atoms with Crippen LogP contribution in [0, 0.1) is 29.6 Å². The van der Waals surface area contributed by atoms with E-state index in [1.165, 1.54) is 19.3 Å². The van der Waals surface area contributed by atoms with Gasteiger partial charge in [-0.05, 0) is 75.2 Å². The lowest BCUT2D eigenvalue weighted by molar-refractivity contribution is -0.0521. The van der Waals surface area contributed by atoms with Crippen molar-refractivity contribution in [3.05, 3.63) is 0 Å². The molecule has 1 heteroatoms. The van der Waals surface area contributed by atoms with Crippen molar-refractivity contribution in [2.75, 3.05) is 7.05 Å². The number of hydrogen-bond donors (Lipinski definition) is 1. The molecule has 4 fully saturated rings. The van der Waals surface area contributed by atoms with Crippen molar-refractivity contribution >= 4 is 0 Å². The summed E-state index contributed by atoms with van der Waals surface area (Å²) in [6.07, 6.45) is 12.0. The fourth-order valence-electron chi connectivity index (χ4n) is 5.58. The molecule has 4 saturated carbocycles. The highest BCUT2D eigenvalue weighted by molar-refractivity contribution is 5.01. The summed E-state index contributed by atoms with van der Waals surface area (Å²) < 4.78 is 0. The van der Waals surface area contributed by atoms with Gasteiger partial charge < -0.3 is 5.32 Å². The molecule has 0 aromatic carbocycles. The van der Waals surface area contributed by atoms with Gasteiger partial charge in [0.1, 0.15) is 0 Å². The Balaban J connectivity index is 1.69. The van der Waals surface area contributed by atoms with Crippen molar-refractivity contribution < 1.29 is 0 Å². The third kappa shape index (κ3) is 2.16. The first-order chi connectivity index (χ1) is 8.31. The van der Waals surface area contributed by atoms with Crippen molar-refractivity contribution in [1.29, 1.82) is 0 Å². The molecular weight excluding hydrogens is 206 g/mol. The predicted molar refractivity (Wildman–Crippen MR) is 72.9 cm³/mol. The molecule has 0 aromatic heterocycles. The zero-order chi connectivity index (χ0) is 11.8. The predicted octanol–water partition coefficient (Wildman–Crippen LogP) is 3.84. The topological polar surface area (TPSA) is 12.0 Å². The van der Waals surface area contributed by atoms with Crippen LogP contribution in [0.4, 0.5) is 0 Å². The normalized spacial score (nSPS) is 45.2. The van der Waals surface area contributed by atoms with E-state index in [-0.39, 0.29) is 0 Å². The first kappa shape index (κ1) is 12.0. The van der Waals surface area contributed by atoms with E-state index in [0.717, 1.165) is 35.6 Å². The first-order valence-corrected chi connectivity index (χ1v) is 7.99. The molecule has 4 rings (SSSR count). The summed E-state index contributed by atoms with van der Waals surface area (Å²) in [4.78, 5) is 0. The molecule has 4 aliphatic carbocycles. The second-order valence-corrected chi connectivity index (χ2v) is 7.05. The van der Waals surface area contributed by atoms with Gasteiger partial charge in [0, 0.05) is 6.04 Å². The highest BCUT2D eigenvalue weighted by atomic mass is 14.9. The fourth-order valence-corrected chi connectivity index (χ4v) is 5.58.